The maximum absolute atomic E-state index is 2.37. The van der Waals surface area contributed by atoms with Gasteiger partial charge in [0.2, 0.25) is 0 Å². The number of rotatable bonds is 12. The van der Waals surface area contributed by atoms with Gasteiger partial charge in [-0.05, 0) is 0 Å². The molecule has 0 aromatic rings. The predicted molar refractivity (Wildman–Crippen MR) is 86.0 cm³/mol. The van der Waals surface area contributed by atoms with Crippen molar-refractivity contribution in [3.8, 4) is 0 Å². The Hall–Kier alpha value is 0.818. The van der Waals surface area contributed by atoms with Crippen molar-refractivity contribution in [2.45, 2.75) is 96.5 Å². The van der Waals surface area contributed by atoms with Gasteiger partial charge in [0.25, 0.3) is 0 Å². The maximum atomic E-state index is 2.37. The zero-order chi connectivity index (χ0) is 13.0. The first kappa shape index (κ1) is 17.8. The molecule has 0 aromatic carbocycles. The molecule has 0 bridgehead atoms. The Balaban J connectivity index is 4.39. The van der Waals surface area contributed by atoms with Crippen molar-refractivity contribution in [3.63, 3.8) is 0 Å². The van der Waals surface area contributed by atoms with Crippen LogP contribution >= 0.6 is 0 Å². The van der Waals surface area contributed by atoms with E-state index in [1.165, 1.54) is 51.4 Å². The predicted octanol–water partition coefficient (Wildman–Crippen LogP) is 6.37. The SMILES string of the molecule is CCC[CH2][SbH]([CH2]CCC)([CH2]CCC)[CH2]CCC. The molecule has 0 saturated heterocycles. The second-order valence-electron chi connectivity index (χ2n) is 5.91. The topological polar surface area (TPSA) is 0 Å². The van der Waals surface area contributed by atoms with E-state index in [4.69, 9.17) is 0 Å². The molecule has 0 amide bonds. The van der Waals surface area contributed by atoms with Gasteiger partial charge in [-0.1, -0.05) is 0 Å². The van der Waals surface area contributed by atoms with E-state index in [9.17, 15) is 0 Å². The third-order valence-electron chi connectivity index (χ3n) is 4.24. The Bertz CT molecular complexity index is 116. The van der Waals surface area contributed by atoms with Crippen molar-refractivity contribution in [2.75, 3.05) is 0 Å². The molecule has 17 heavy (non-hydrogen) atoms. The molecule has 0 unspecified atom stereocenters. The quantitative estimate of drug-likeness (QED) is 0.359. The first-order valence-corrected chi connectivity index (χ1v) is 16.3. The summed E-state index contributed by atoms with van der Waals surface area (Å²) in [7, 11) is 0. The average molecular weight is 351 g/mol. The van der Waals surface area contributed by atoms with Gasteiger partial charge in [0.15, 0.2) is 0 Å². The normalized spacial score (nSPS) is 12.9. The van der Waals surface area contributed by atoms with Crippen LogP contribution in [-0.4, -0.2) is 18.8 Å². The third kappa shape index (κ3) is 8.52. The second kappa shape index (κ2) is 11.9. The molecule has 0 rings (SSSR count). The van der Waals surface area contributed by atoms with Gasteiger partial charge in [0, 0.05) is 0 Å². The summed E-state index contributed by atoms with van der Waals surface area (Å²) in [6.07, 6.45) is 11.8. The fourth-order valence-corrected chi connectivity index (χ4v) is 19.8. The van der Waals surface area contributed by atoms with Crippen LogP contribution in [0.15, 0.2) is 0 Å². The summed E-state index contributed by atoms with van der Waals surface area (Å²) in [6.45, 7) is 9.48. The summed E-state index contributed by atoms with van der Waals surface area (Å²) >= 11 is -1.69. The Kier molecular flexibility index (Phi) is 12.5. The van der Waals surface area contributed by atoms with Crippen LogP contribution in [0.5, 0.6) is 0 Å². The van der Waals surface area contributed by atoms with Gasteiger partial charge >= 0.3 is 115 Å². The Morgan fingerprint density at radius 1 is 0.471 bits per heavy atom. The first-order valence-electron chi connectivity index (χ1n) is 8.24. The van der Waals surface area contributed by atoms with Crippen LogP contribution in [-0.2, 0) is 0 Å². The van der Waals surface area contributed by atoms with E-state index in [0.29, 0.717) is 0 Å². The van der Waals surface area contributed by atoms with Crippen LogP contribution in [0.3, 0.4) is 0 Å². The molecule has 0 saturated carbocycles. The number of hydrogen-bond donors (Lipinski definition) is 0. The molecule has 0 aliphatic rings. The van der Waals surface area contributed by atoms with Gasteiger partial charge in [-0.25, -0.2) is 0 Å². The van der Waals surface area contributed by atoms with E-state index in [1.807, 2.05) is 0 Å². The van der Waals surface area contributed by atoms with E-state index in [1.54, 1.807) is 17.5 Å². The summed E-state index contributed by atoms with van der Waals surface area (Å²) in [5.74, 6) is 0. The molecule has 1 heteroatoms. The Morgan fingerprint density at radius 2 is 0.706 bits per heavy atom. The van der Waals surface area contributed by atoms with Crippen LogP contribution in [0.25, 0.3) is 0 Å². The van der Waals surface area contributed by atoms with Crippen molar-refractivity contribution in [1.29, 1.82) is 0 Å². The Labute approximate surface area is 115 Å². The fourth-order valence-electron chi connectivity index (χ4n) is 2.96. The minimum atomic E-state index is -1.69. The van der Waals surface area contributed by atoms with Gasteiger partial charge in [-0.3, -0.25) is 0 Å². The molecular weight excluding hydrogens is 314 g/mol. The zero-order valence-electron chi connectivity index (χ0n) is 13.0. The summed E-state index contributed by atoms with van der Waals surface area (Å²) in [4.78, 5) is 0. The van der Waals surface area contributed by atoms with E-state index in [2.05, 4.69) is 27.7 Å². The molecule has 0 aliphatic carbocycles. The molecule has 0 atom stereocenters. The summed E-state index contributed by atoms with van der Waals surface area (Å²) in [5.41, 5.74) is 0. The van der Waals surface area contributed by atoms with Gasteiger partial charge in [0.1, 0.15) is 0 Å². The molecule has 0 aromatic heterocycles. The summed E-state index contributed by atoms with van der Waals surface area (Å²) < 4.78 is 6.80. The molecule has 0 aliphatic heterocycles. The van der Waals surface area contributed by atoms with Crippen molar-refractivity contribution < 1.29 is 0 Å². The van der Waals surface area contributed by atoms with Crippen molar-refractivity contribution >= 4 is 18.8 Å². The first-order chi connectivity index (χ1) is 8.24. The molecule has 0 N–H and O–H groups in total. The van der Waals surface area contributed by atoms with Gasteiger partial charge in [-0.2, -0.15) is 0 Å². The minimum absolute atomic E-state index is 1.42. The molecule has 0 radical (unpaired) electrons. The molecular formula is C16H37Sb. The van der Waals surface area contributed by atoms with E-state index >= 15 is 0 Å². The van der Waals surface area contributed by atoms with Gasteiger partial charge in [0.05, 0.1) is 0 Å². The van der Waals surface area contributed by atoms with Crippen molar-refractivity contribution in [3.05, 3.63) is 0 Å². The monoisotopic (exact) mass is 350 g/mol. The fraction of sp³-hybridized carbons (Fsp3) is 1.00. The van der Waals surface area contributed by atoms with E-state index in [0.717, 1.165) is 0 Å². The van der Waals surface area contributed by atoms with Crippen LogP contribution in [0.4, 0.5) is 0 Å². The second-order valence-corrected chi connectivity index (χ2v) is 20.2. The standard InChI is InChI=1S/4C4H9.Sb.H/c4*1-3-4-2;;/h4*1,3-4H2,2H3;;. The zero-order valence-corrected chi connectivity index (χ0v) is 15.8. The van der Waals surface area contributed by atoms with Crippen LogP contribution in [0.2, 0.25) is 17.5 Å². The van der Waals surface area contributed by atoms with Crippen LogP contribution < -0.4 is 0 Å². The third-order valence-corrected chi connectivity index (χ3v) is 20.4. The van der Waals surface area contributed by atoms with Crippen molar-refractivity contribution in [2.24, 2.45) is 0 Å². The van der Waals surface area contributed by atoms with E-state index < -0.39 is 18.8 Å². The number of unbranched alkanes of at least 4 members (excludes halogenated alkanes) is 4. The molecule has 0 heterocycles. The molecule has 0 fully saturated rings. The summed E-state index contributed by atoms with van der Waals surface area (Å²) in [6, 6.07) is 0. The summed E-state index contributed by atoms with van der Waals surface area (Å²) in [5, 5.41) is 0. The average Bonchev–Trinajstić information content (AvgIpc) is 2.37. The van der Waals surface area contributed by atoms with Gasteiger partial charge < -0.3 is 0 Å². The Morgan fingerprint density at radius 3 is 0.882 bits per heavy atom. The number of hydrogen-bond acceptors (Lipinski definition) is 0. The van der Waals surface area contributed by atoms with Crippen LogP contribution in [0, 0.1) is 0 Å². The molecule has 0 spiro atoms. The molecule has 106 valence electrons. The van der Waals surface area contributed by atoms with Crippen molar-refractivity contribution in [1.82, 2.24) is 0 Å². The van der Waals surface area contributed by atoms with Crippen LogP contribution in [0.1, 0.15) is 79.1 Å². The molecule has 0 nitrogen and oxygen atoms in total. The van der Waals surface area contributed by atoms with E-state index in [-0.39, 0.29) is 0 Å². The van der Waals surface area contributed by atoms with Gasteiger partial charge in [-0.15, -0.1) is 0 Å².